The van der Waals surface area contributed by atoms with E-state index in [1.807, 2.05) is 13.8 Å². The van der Waals surface area contributed by atoms with Gasteiger partial charge in [-0.25, -0.2) is 9.78 Å². The Morgan fingerprint density at radius 3 is 2.80 bits per heavy atom. The molecule has 84 valence electrons. The Hall–Kier alpha value is -0.940. The summed E-state index contributed by atoms with van der Waals surface area (Å²) in [6.07, 6.45) is 2.27. The standard InChI is InChI=1S/C10H16N2O2S/c1-3-4-7-9(10(13)14)15-8(12-7)5-6(2)11/h6H,3-5,11H2,1-2H3,(H,13,14). The highest BCUT2D eigenvalue weighted by Gasteiger charge is 2.16. The number of hydrogen-bond acceptors (Lipinski definition) is 4. The van der Waals surface area contributed by atoms with E-state index in [2.05, 4.69) is 4.98 Å². The molecule has 1 heterocycles. The largest absolute Gasteiger partial charge is 0.477 e. The number of nitrogens with two attached hydrogens (primary N) is 1. The van der Waals surface area contributed by atoms with Gasteiger partial charge in [0.1, 0.15) is 4.88 Å². The molecule has 0 aliphatic rings. The van der Waals surface area contributed by atoms with Gasteiger partial charge in [-0.15, -0.1) is 11.3 Å². The van der Waals surface area contributed by atoms with E-state index in [4.69, 9.17) is 10.8 Å². The highest BCUT2D eigenvalue weighted by atomic mass is 32.1. The minimum Gasteiger partial charge on any atom is -0.477 e. The molecule has 0 aliphatic carbocycles. The van der Waals surface area contributed by atoms with E-state index >= 15 is 0 Å². The molecule has 1 aromatic rings. The predicted octanol–water partition coefficient (Wildman–Crippen LogP) is 1.68. The van der Waals surface area contributed by atoms with Crippen LogP contribution in [0.15, 0.2) is 0 Å². The Morgan fingerprint density at radius 2 is 2.33 bits per heavy atom. The Labute approximate surface area is 93.1 Å². The van der Waals surface area contributed by atoms with Crippen LogP contribution < -0.4 is 5.73 Å². The lowest BCUT2D eigenvalue weighted by Crippen LogP contribution is -2.17. The normalized spacial score (nSPS) is 12.7. The van der Waals surface area contributed by atoms with Crippen molar-refractivity contribution in [3.63, 3.8) is 0 Å². The summed E-state index contributed by atoms with van der Waals surface area (Å²) in [5.74, 6) is -0.883. The summed E-state index contributed by atoms with van der Waals surface area (Å²) in [7, 11) is 0. The van der Waals surface area contributed by atoms with Crippen molar-refractivity contribution in [2.75, 3.05) is 0 Å². The summed E-state index contributed by atoms with van der Waals surface area (Å²) in [5, 5.41) is 9.80. The number of hydrogen-bond donors (Lipinski definition) is 2. The highest BCUT2D eigenvalue weighted by Crippen LogP contribution is 2.21. The van der Waals surface area contributed by atoms with Crippen LogP contribution in [0.25, 0.3) is 0 Å². The molecule has 0 radical (unpaired) electrons. The molecule has 1 unspecified atom stereocenters. The zero-order valence-corrected chi connectivity index (χ0v) is 9.80. The number of carbonyl (C=O) groups is 1. The first kappa shape index (κ1) is 12.1. The van der Waals surface area contributed by atoms with E-state index < -0.39 is 5.97 Å². The quantitative estimate of drug-likeness (QED) is 0.804. The van der Waals surface area contributed by atoms with E-state index in [0.717, 1.165) is 17.8 Å². The van der Waals surface area contributed by atoms with E-state index in [9.17, 15) is 4.79 Å². The molecular weight excluding hydrogens is 212 g/mol. The van der Waals surface area contributed by atoms with Crippen molar-refractivity contribution < 1.29 is 9.90 Å². The number of nitrogens with zero attached hydrogens (tertiary/aromatic N) is 1. The molecule has 1 aromatic heterocycles. The molecule has 1 atom stereocenters. The molecule has 0 aliphatic heterocycles. The van der Waals surface area contributed by atoms with Crippen molar-refractivity contribution in [3.8, 4) is 0 Å². The number of carboxylic acids is 1. The number of rotatable bonds is 5. The topological polar surface area (TPSA) is 76.2 Å². The van der Waals surface area contributed by atoms with Crippen molar-refractivity contribution in [1.29, 1.82) is 0 Å². The van der Waals surface area contributed by atoms with Crippen LogP contribution in [0, 0.1) is 0 Å². The summed E-state index contributed by atoms with van der Waals surface area (Å²) >= 11 is 1.25. The van der Waals surface area contributed by atoms with Crippen LogP contribution in [-0.4, -0.2) is 22.1 Å². The van der Waals surface area contributed by atoms with Gasteiger partial charge in [-0.3, -0.25) is 0 Å². The van der Waals surface area contributed by atoms with Crippen LogP contribution in [0.4, 0.5) is 0 Å². The maximum absolute atomic E-state index is 10.9. The fraction of sp³-hybridized carbons (Fsp3) is 0.600. The van der Waals surface area contributed by atoms with Crippen LogP contribution in [-0.2, 0) is 12.8 Å². The minimum absolute atomic E-state index is 0.0206. The van der Waals surface area contributed by atoms with Gasteiger partial charge in [0, 0.05) is 12.5 Å². The SMILES string of the molecule is CCCc1nc(CC(C)N)sc1C(=O)O. The molecule has 1 rings (SSSR count). The number of aromatic nitrogens is 1. The van der Waals surface area contributed by atoms with Crippen molar-refractivity contribution >= 4 is 17.3 Å². The third-order valence-corrected chi connectivity index (χ3v) is 3.03. The molecule has 3 N–H and O–H groups in total. The molecule has 4 nitrogen and oxygen atoms in total. The van der Waals surface area contributed by atoms with E-state index in [1.54, 1.807) is 0 Å². The van der Waals surface area contributed by atoms with Gasteiger partial charge in [0.05, 0.1) is 10.7 Å². The van der Waals surface area contributed by atoms with Gasteiger partial charge in [-0.1, -0.05) is 13.3 Å². The first-order valence-corrected chi connectivity index (χ1v) is 5.83. The molecule has 15 heavy (non-hydrogen) atoms. The Kier molecular flexibility index (Phi) is 4.23. The second-order valence-corrected chi connectivity index (χ2v) is 4.70. The maximum atomic E-state index is 10.9. The van der Waals surface area contributed by atoms with Gasteiger partial charge in [0.2, 0.25) is 0 Å². The smallest absolute Gasteiger partial charge is 0.347 e. The van der Waals surface area contributed by atoms with Gasteiger partial charge < -0.3 is 10.8 Å². The fourth-order valence-corrected chi connectivity index (χ4v) is 2.43. The molecule has 0 spiro atoms. The Bertz CT molecular complexity index is 347. The zero-order valence-electron chi connectivity index (χ0n) is 8.99. The molecule has 0 aromatic carbocycles. The van der Waals surface area contributed by atoms with Gasteiger partial charge in [-0.05, 0) is 13.3 Å². The summed E-state index contributed by atoms with van der Waals surface area (Å²) in [6, 6.07) is 0.0206. The average molecular weight is 228 g/mol. The van der Waals surface area contributed by atoms with Crippen molar-refractivity contribution in [2.24, 2.45) is 5.73 Å². The Balaban J connectivity index is 2.93. The minimum atomic E-state index is -0.883. The summed E-state index contributed by atoms with van der Waals surface area (Å²) < 4.78 is 0. The van der Waals surface area contributed by atoms with Crippen molar-refractivity contribution in [1.82, 2.24) is 4.98 Å². The van der Waals surface area contributed by atoms with Crippen LogP contribution in [0.3, 0.4) is 0 Å². The first-order valence-electron chi connectivity index (χ1n) is 5.02. The molecule has 0 fully saturated rings. The molecule has 0 saturated carbocycles. The highest BCUT2D eigenvalue weighted by molar-refractivity contribution is 7.13. The van der Waals surface area contributed by atoms with Crippen molar-refractivity contribution in [3.05, 3.63) is 15.6 Å². The predicted molar refractivity (Wildman–Crippen MR) is 60.4 cm³/mol. The number of thiazole rings is 1. The van der Waals surface area contributed by atoms with Crippen LogP contribution in [0.5, 0.6) is 0 Å². The second kappa shape index (κ2) is 5.23. The summed E-state index contributed by atoms with van der Waals surface area (Å²) in [6.45, 7) is 3.90. The average Bonchev–Trinajstić information content (AvgIpc) is 2.47. The molecule has 5 heteroatoms. The van der Waals surface area contributed by atoms with E-state index in [0.29, 0.717) is 17.0 Å². The van der Waals surface area contributed by atoms with Gasteiger partial charge >= 0.3 is 5.97 Å². The lowest BCUT2D eigenvalue weighted by molar-refractivity contribution is 0.0700. The van der Waals surface area contributed by atoms with Gasteiger partial charge in [0.25, 0.3) is 0 Å². The van der Waals surface area contributed by atoms with E-state index in [-0.39, 0.29) is 6.04 Å². The lowest BCUT2D eigenvalue weighted by atomic mass is 10.2. The fourth-order valence-electron chi connectivity index (χ4n) is 1.34. The number of carboxylic acid groups (broad SMARTS) is 1. The first-order chi connectivity index (χ1) is 7.04. The van der Waals surface area contributed by atoms with E-state index in [1.165, 1.54) is 11.3 Å². The molecule has 0 amide bonds. The third kappa shape index (κ3) is 3.28. The second-order valence-electron chi connectivity index (χ2n) is 3.62. The van der Waals surface area contributed by atoms with Crippen LogP contribution >= 0.6 is 11.3 Å². The lowest BCUT2D eigenvalue weighted by Gasteiger charge is -1.98. The number of aryl methyl sites for hydroxylation is 1. The van der Waals surface area contributed by atoms with Gasteiger partial charge in [-0.2, -0.15) is 0 Å². The Morgan fingerprint density at radius 1 is 1.67 bits per heavy atom. The third-order valence-electron chi connectivity index (χ3n) is 1.92. The maximum Gasteiger partial charge on any atom is 0.347 e. The molecule has 0 bridgehead atoms. The molecular formula is C10H16N2O2S. The van der Waals surface area contributed by atoms with Crippen LogP contribution in [0.2, 0.25) is 0 Å². The summed E-state index contributed by atoms with van der Waals surface area (Å²) in [5.41, 5.74) is 6.35. The number of aromatic carboxylic acids is 1. The van der Waals surface area contributed by atoms with Crippen LogP contribution in [0.1, 0.15) is 40.6 Å². The monoisotopic (exact) mass is 228 g/mol. The van der Waals surface area contributed by atoms with Gasteiger partial charge in [0.15, 0.2) is 0 Å². The van der Waals surface area contributed by atoms with Crippen molar-refractivity contribution in [2.45, 2.75) is 39.2 Å². The zero-order chi connectivity index (χ0) is 11.4. The summed E-state index contributed by atoms with van der Waals surface area (Å²) in [4.78, 5) is 15.6. The molecule has 0 saturated heterocycles.